The minimum absolute atomic E-state index is 0. The van der Waals surface area contributed by atoms with Gasteiger partial charge in [0, 0.05) is 44.5 Å². The van der Waals surface area contributed by atoms with E-state index in [9.17, 15) is 0 Å². The highest BCUT2D eigenvalue weighted by molar-refractivity contribution is 14.0. The molecule has 2 N–H and O–H groups in total. The molecule has 6 nitrogen and oxygen atoms in total. The van der Waals surface area contributed by atoms with E-state index < -0.39 is 0 Å². The third kappa shape index (κ3) is 7.80. The second-order valence-electron chi connectivity index (χ2n) is 6.07. The van der Waals surface area contributed by atoms with Gasteiger partial charge < -0.3 is 20.3 Å². The highest BCUT2D eigenvalue weighted by atomic mass is 127. The van der Waals surface area contributed by atoms with E-state index in [1.165, 1.54) is 0 Å². The number of ether oxygens (including phenoxy) is 1. The highest BCUT2D eigenvalue weighted by Gasteiger charge is 2.08. The Morgan fingerprint density at radius 2 is 1.93 bits per heavy atom. The van der Waals surface area contributed by atoms with Crippen molar-refractivity contribution < 1.29 is 4.74 Å². The lowest BCUT2D eigenvalue weighted by atomic mass is 10.2. The number of rotatable bonds is 7. The smallest absolute Gasteiger partial charge is 0.191 e. The lowest BCUT2D eigenvalue weighted by Crippen LogP contribution is -2.41. The van der Waals surface area contributed by atoms with Gasteiger partial charge in [0.2, 0.25) is 0 Å². The van der Waals surface area contributed by atoms with Gasteiger partial charge in [0.15, 0.2) is 5.96 Å². The topological polar surface area (TPSA) is 61.8 Å². The predicted octanol–water partition coefficient (Wildman–Crippen LogP) is 3.55. The average molecular weight is 504 g/mol. The summed E-state index contributed by atoms with van der Waals surface area (Å²) < 4.78 is 5.86. The summed E-state index contributed by atoms with van der Waals surface area (Å²) in [4.78, 5) is 10.7. The molecule has 1 heterocycles. The molecule has 1 unspecified atom stereocenters. The van der Waals surface area contributed by atoms with Crippen LogP contribution in [0.15, 0.2) is 47.6 Å². The molecule has 0 amide bonds. The minimum atomic E-state index is -0.0227. The van der Waals surface area contributed by atoms with Crippen molar-refractivity contribution in [3.63, 3.8) is 0 Å². The molecule has 0 radical (unpaired) electrons. The van der Waals surface area contributed by atoms with Crippen molar-refractivity contribution >= 4 is 47.4 Å². The van der Waals surface area contributed by atoms with Crippen LogP contribution in [-0.4, -0.2) is 44.7 Å². The third-order valence-electron chi connectivity index (χ3n) is 3.67. The molecule has 0 saturated carbocycles. The number of nitrogens with zero attached hydrogens (tertiary/aromatic N) is 3. The molecule has 0 bridgehead atoms. The number of hydrogen-bond donors (Lipinski definition) is 2. The number of benzene rings is 1. The van der Waals surface area contributed by atoms with Crippen molar-refractivity contribution in [3.8, 4) is 5.75 Å². The molecule has 1 aromatic heterocycles. The van der Waals surface area contributed by atoms with E-state index >= 15 is 0 Å². The Balaban J connectivity index is 0.00000364. The summed E-state index contributed by atoms with van der Waals surface area (Å²) in [6, 6.07) is 11.3. The largest absolute Gasteiger partial charge is 0.489 e. The number of aliphatic imine (C=N–C) groups is 1. The van der Waals surface area contributed by atoms with Crippen molar-refractivity contribution in [1.82, 2.24) is 15.6 Å². The molecule has 1 atom stereocenters. The van der Waals surface area contributed by atoms with Crippen LogP contribution in [0.4, 0.5) is 5.82 Å². The standard InChI is InChI=1S/C19H26ClN5O.HI/c1-14(26-17-9-7-16(20)8-10-17)12-23-19(21-2)24-13-15-6-5-11-22-18(15)25(3)4;/h5-11,14H,12-13H2,1-4H3,(H2,21,23,24);1H. The Morgan fingerprint density at radius 1 is 1.22 bits per heavy atom. The fraction of sp³-hybridized carbons (Fsp3) is 0.368. The zero-order valence-electron chi connectivity index (χ0n) is 16.1. The van der Waals surface area contributed by atoms with E-state index in [4.69, 9.17) is 16.3 Å². The maximum atomic E-state index is 5.89. The fourth-order valence-corrected chi connectivity index (χ4v) is 2.52. The number of nitrogens with one attached hydrogen (secondary N) is 2. The molecule has 0 aliphatic carbocycles. The summed E-state index contributed by atoms with van der Waals surface area (Å²) in [6.07, 6.45) is 1.77. The summed E-state index contributed by atoms with van der Waals surface area (Å²) in [7, 11) is 5.71. The lowest BCUT2D eigenvalue weighted by molar-refractivity contribution is 0.224. The van der Waals surface area contributed by atoms with Gasteiger partial charge in [-0.25, -0.2) is 4.98 Å². The van der Waals surface area contributed by atoms with Gasteiger partial charge in [-0.1, -0.05) is 17.7 Å². The first-order valence-electron chi connectivity index (χ1n) is 8.47. The first-order chi connectivity index (χ1) is 12.5. The Bertz CT molecular complexity index is 724. The van der Waals surface area contributed by atoms with Gasteiger partial charge in [-0.2, -0.15) is 0 Å². The number of pyridine rings is 1. The lowest BCUT2D eigenvalue weighted by Gasteiger charge is -2.19. The summed E-state index contributed by atoms with van der Waals surface area (Å²) in [5, 5.41) is 7.28. The maximum Gasteiger partial charge on any atom is 0.191 e. The summed E-state index contributed by atoms with van der Waals surface area (Å²) in [5.74, 6) is 2.44. The van der Waals surface area contributed by atoms with Gasteiger partial charge in [-0.3, -0.25) is 4.99 Å². The number of guanidine groups is 1. The number of hydrogen-bond acceptors (Lipinski definition) is 4. The normalized spacial score (nSPS) is 12.0. The summed E-state index contributed by atoms with van der Waals surface area (Å²) >= 11 is 5.89. The van der Waals surface area contributed by atoms with Crippen LogP contribution < -0.4 is 20.3 Å². The summed E-state index contributed by atoms with van der Waals surface area (Å²) in [6.45, 7) is 3.25. The van der Waals surface area contributed by atoms with E-state index in [1.807, 2.05) is 56.3 Å². The Hall–Kier alpha value is -1.74. The van der Waals surface area contributed by atoms with Gasteiger partial charge in [-0.15, -0.1) is 24.0 Å². The van der Waals surface area contributed by atoms with E-state index in [0.29, 0.717) is 24.1 Å². The van der Waals surface area contributed by atoms with Gasteiger partial charge in [-0.05, 0) is 37.3 Å². The van der Waals surface area contributed by atoms with Crippen LogP contribution in [0.1, 0.15) is 12.5 Å². The van der Waals surface area contributed by atoms with Crippen molar-refractivity contribution in [2.45, 2.75) is 19.6 Å². The van der Waals surface area contributed by atoms with Crippen molar-refractivity contribution in [1.29, 1.82) is 0 Å². The molecule has 2 aromatic rings. The van der Waals surface area contributed by atoms with E-state index in [-0.39, 0.29) is 30.1 Å². The molecule has 8 heteroatoms. The minimum Gasteiger partial charge on any atom is -0.489 e. The van der Waals surface area contributed by atoms with Crippen LogP contribution >= 0.6 is 35.6 Å². The van der Waals surface area contributed by atoms with Crippen LogP contribution in [0.25, 0.3) is 0 Å². The highest BCUT2D eigenvalue weighted by Crippen LogP contribution is 2.16. The zero-order chi connectivity index (χ0) is 18.9. The van der Waals surface area contributed by atoms with Crippen molar-refractivity contribution in [2.75, 3.05) is 32.6 Å². The Kier molecular flexibility index (Phi) is 10.2. The van der Waals surface area contributed by atoms with E-state index in [1.54, 1.807) is 13.2 Å². The Morgan fingerprint density at radius 3 is 2.56 bits per heavy atom. The molecule has 0 fully saturated rings. The predicted molar refractivity (Wildman–Crippen MR) is 124 cm³/mol. The van der Waals surface area contributed by atoms with Crippen LogP contribution in [-0.2, 0) is 6.54 Å². The summed E-state index contributed by atoms with van der Waals surface area (Å²) in [5.41, 5.74) is 1.10. The van der Waals surface area contributed by atoms with Crippen LogP contribution in [0, 0.1) is 0 Å². The monoisotopic (exact) mass is 503 g/mol. The molecule has 0 spiro atoms. The molecule has 0 saturated heterocycles. The molecule has 27 heavy (non-hydrogen) atoms. The first-order valence-corrected chi connectivity index (χ1v) is 8.85. The fourth-order valence-electron chi connectivity index (χ4n) is 2.40. The number of aromatic nitrogens is 1. The Labute approximate surface area is 183 Å². The third-order valence-corrected chi connectivity index (χ3v) is 3.92. The number of halogens is 2. The molecular weight excluding hydrogens is 477 g/mol. The van der Waals surface area contributed by atoms with Gasteiger partial charge in [0.05, 0.1) is 6.54 Å². The second kappa shape index (κ2) is 11.9. The van der Waals surface area contributed by atoms with E-state index in [0.717, 1.165) is 17.1 Å². The first kappa shape index (κ1) is 23.3. The SMILES string of the molecule is CN=C(NCc1cccnc1N(C)C)NCC(C)Oc1ccc(Cl)cc1.I. The molecule has 0 aliphatic heterocycles. The van der Waals surface area contributed by atoms with E-state index in [2.05, 4.69) is 26.7 Å². The molecule has 1 aromatic carbocycles. The molecule has 148 valence electrons. The van der Waals surface area contributed by atoms with Crippen LogP contribution in [0.3, 0.4) is 0 Å². The number of anilines is 1. The molecule has 2 rings (SSSR count). The van der Waals surface area contributed by atoms with Crippen molar-refractivity contribution in [2.24, 2.45) is 4.99 Å². The second-order valence-corrected chi connectivity index (χ2v) is 6.51. The van der Waals surface area contributed by atoms with Crippen LogP contribution in [0.5, 0.6) is 5.75 Å². The maximum absolute atomic E-state index is 5.89. The van der Waals surface area contributed by atoms with Crippen molar-refractivity contribution in [3.05, 3.63) is 53.2 Å². The quantitative estimate of drug-likeness (QED) is 0.344. The van der Waals surface area contributed by atoms with Gasteiger partial charge >= 0.3 is 0 Å². The molecule has 0 aliphatic rings. The van der Waals surface area contributed by atoms with Gasteiger partial charge in [0.1, 0.15) is 17.7 Å². The van der Waals surface area contributed by atoms with Crippen LogP contribution in [0.2, 0.25) is 5.02 Å². The van der Waals surface area contributed by atoms with Gasteiger partial charge in [0.25, 0.3) is 0 Å². The average Bonchev–Trinajstić information content (AvgIpc) is 2.64. The molecular formula is C19H27ClIN5O. The zero-order valence-corrected chi connectivity index (χ0v) is 19.2.